The van der Waals surface area contributed by atoms with Crippen LogP contribution < -0.4 is 15.8 Å². The van der Waals surface area contributed by atoms with Crippen LogP contribution in [0.4, 0.5) is 5.69 Å². The molecular weight excluding hydrogens is 274 g/mol. The summed E-state index contributed by atoms with van der Waals surface area (Å²) >= 11 is 0. The molecule has 1 rings (SSSR count). The second kappa shape index (κ2) is 8.23. The number of methoxy groups -OCH3 is 1. The molecule has 7 heteroatoms. The van der Waals surface area contributed by atoms with E-state index in [1.165, 1.54) is 12.0 Å². The van der Waals surface area contributed by atoms with E-state index in [9.17, 15) is 9.59 Å². The second-order valence-corrected chi connectivity index (χ2v) is 4.65. The minimum Gasteiger partial charge on any atom is -0.484 e. The molecule has 0 heterocycles. The lowest BCUT2D eigenvalue weighted by Crippen LogP contribution is -2.39. The summed E-state index contributed by atoms with van der Waals surface area (Å²) in [5.74, 6) is 0.0932. The topological polar surface area (TPSA) is 93.9 Å². The maximum atomic E-state index is 11.7. The van der Waals surface area contributed by atoms with Crippen LogP contribution in [0.5, 0.6) is 5.75 Å². The van der Waals surface area contributed by atoms with Gasteiger partial charge in [-0.15, -0.1) is 0 Å². The van der Waals surface area contributed by atoms with Crippen molar-refractivity contribution in [2.24, 2.45) is 5.73 Å². The number of nitrogens with zero attached hydrogens (tertiary/aromatic N) is 1. The third-order valence-corrected chi connectivity index (χ3v) is 2.67. The van der Waals surface area contributed by atoms with E-state index < -0.39 is 6.04 Å². The quantitative estimate of drug-likeness (QED) is 0.742. The average Bonchev–Trinajstić information content (AvgIpc) is 2.46. The number of nitrogens with one attached hydrogen (secondary N) is 1. The largest absolute Gasteiger partial charge is 0.484 e. The van der Waals surface area contributed by atoms with Crippen LogP contribution in [-0.2, 0) is 14.3 Å². The molecule has 1 aromatic carbocycles. The summed E-state index contributed by atoms with van der Waals surface area (Å²) < 4.78 is 10.1. The van der Waals surface area contributed by atoms with E-state index in [4.69, 9.17) is 15.2 Å². The van der Waals surface area contributed by atoms with Gasteiger partial charge in [-0.2, -0.15) is 0 Å². The predicted molar refractivity (Wildman–Crippen MR) is 79.1 cm³/mol. The molecule has 0 saturated carbocycles. The van der Waals surface area contributed by atoms with Gasteiger partial charge in [0.05, 0.1) is 6.61 Å². The number of carbonyl (C=O) groups excluding carboxylic acids is 2. The molecule has 116 valence electrons. The van der Waals surface area contributed by atoms with Crippen LogP contribution in [0.2, 0.25) is 0 Å². The number of carbonyl (C=O) groups is 2. The number of nitrogens with two attached hydrogens (primary N) is 1. The molecule has 0 saturated heterocycles. The van der Waals surface area contributed by atoms with Gasteiger partial charge in [-0.05, 0) is 24.3 Å². The number of amides is 2. The van der Waals surface area contributed by atoms with Gasteiger partial charge in [-0.1, -0.05) is 0 Å². The molecule has 0 aromatic heterocycles. The Morgan fingerprint density at radius 1 is 1.29 bits per heavy atom. The molecule has 1 atom stereocenters. The van der Waals surface area contributed by atoms with Crippen LogP contribution in [0.3, 0.4) is 0 Å². The first-order chi connectivity index (χ1) is 9.93. The van der Waals surface area contributed by atoms with E-state index in [0.717, 1.165) is 0 Å². The molecule has 0 aliphatic carbocycles. The third-order valence-electron chi connectivity index (χ3n) is 2.67. The highest BCUT2D eigenvalue weighted by molar-refractivity contribution is 5.94. The fourth-order valence-corrected chi connectivity index (χ4v) is 1.40. The third kappa shape index (κ3) is 5.80. The number of hydrogen-bond acceptors (Lipinski definition) is 5. The van der Waals surface area contributed by atoms with Crippen molar-refractivity contribution in [3.63, 3.8) is 0 Å². The van der Waals surface area contributed by atoms with Crippen molar-refractivity contribution in [3.05, 3.63) is 24.3 Å². The Morgan fingerprint density at radius 2 is 1.90 bits per heavy atom. The molecule has 0 radical (unpaired) electrons. The highest BCUT2D eigenvalue weighted by Crippen LogP contribution is 2.15. The van der Waals surface area contributed by atoms with Gasteiger partial charge in [0.15, 0.2) is 6.61 Å². The smallest absolute Gasteiger partial charge is 0.259 e. The summed E-state index contributed by atoms with van der Waals surface area (Å²) in [6.07, 6.45) is 0. The van der Waals surface area contributed by atoms with Crippen LogP contribution in [0, 0.1) is 0 Å². The van der Waals surface area contributed by atoms with Crippen LogP contribution in [0.1, 0.15) is 0 Å². The van der Waals surface area contributed by atoms with Crippen LogP contribution in [0.15, 0.2) is 24.3 Å². The zero-order valence-corrected chi connectivity index (χ0v) is 12.5. The Morgan fingerprint density at radius 3 is 2.43 bits per heavy atom. The van der Waals surface area contributed by atoms with E-state index in [1.807, 2.05) is 0 Å². The van der Waals surface area contributed by atoms with Gasteiger partial charge in [-0.25, -0.2) is 0 Å². The molecule has 0 fully saturated rings. The summed E-state index contributed by atoms with van der Waals surface area (Å²) in [6, 6.07) is 5.96. The summed E-state index contributed by atoms with van der Waals surface area (Å²) in [6.45, 7) is 0.122. The maximum absolute atomic E-state index is 11.7. The SMILES string of the molecule is COCC(N)C(=O)Nc1ccc(OCC(=O)N(C)C)cc1. The lowest BCUT2D eigenvalue weighted by Gasteiger charge is -2.13. The Balaban J connectivity index is 2.50. The average molecular weight is 295 g/mol. The number of anilines is 1. The van der Waals surface area contributed by atoms with Crippen molar-refractivity contribution in [2.45, 2.75) is 6.04 Å². The summed E-state index contributed by atoms with van der Waals surface area (Å²) in [4.78, 5) is 24.5. The standard InChI is InChI=1S/C14H21N3O4/c1-17(2)13(18)9-21-11-6-4-10(5-7-11)16-14(19)12(15)8-20-3/h4-7,12H,8-9,15H2,1-3H3,(H,16,19). The van der Waals surface area contributed by atoms with E-state index >= 15 is 0 Å². The first kappa shape index (κ1) is 16.9. The van der Waals surface area contributed by atoms with Gasteiger partial charge >= 0.3 is 0 Å². The first-order valence-corrected chi connectivity index (χ1v) is 6.42. The summed E-state index contributed by atoms with van der Waals surface area (Å²) in [5, 5.41) is 2.66. The summed E-state index contributed by atoms with van der Waals surface area (Å²) in [7, 11) is 4.80. The number of benzene rings is 1. The van der Waals surface area contributed by atoms with E-state index in [0.29, 0.717) is 11.4 Å². The maximum Gasteiger partial charge on any atom is 0.259 e. The van der Waals surface area contributed by atoms with E-state index in [2.05, 4.69) is 5.32 Å². The molecule has 1 aromatic rings. The molecule has 0 aliphatic heterocycles. The fourth-order valence-electron chi connectivity index (χ4n) is 1.40. The van der Waals surface area contributed by atoms with Crippen molar-refractivity contribution in [1.29, 1.82) is 0 Å². The highest BCUT2D eigenvalue weighted by atomic mass is 16.5. The summed E-state index contributed by atoms with van der Waals surface area (Å²) in [5.41, 5.74) is 6.21. The molecular formula is C14H21N3O4. The van der Waals surface area contributed by atoms with Crippen molar-refractivity contribution in [1.82, 2.24) is 4.90 Å². The molecule has 3 N–H and O–H groups in total. The van der Waals surface area contributed by atoms with E-state index in [1.54, 1.807) is 38.4 Å². The lowest BCUT2D eigenvalue weighted by atomic mass is 10.2. The predicted octanol–water partition coefficient (Wildman–Crippen LogP) is 0.0658. The normalized spacial score (nSPS) is 11.6. The zero-order chi connectivity index (χ0) is 15.8. The Hall–Kier alpha value is -2.12. The zero-order valence-electron chi connectivity index (χ0n) is 12.5. The number of likely N-dealkylation sites (N-methyl/N-ethyl adjacent to an activating group) is 1. The van der Waals surface area contributed by atoms with Gasteiger partial charge in [0.2, 0.25) is 5.91 Å². The monoisotopic (exact) mass is 295 g/mol. The van der Waals surface area contributed by atoms with Crippen molar-refractivity contribution >= 4 is 17.5 Å². The van der Waals surface area contributed by atoms with Crippen LogP contribution >= 0.6 is 0 Å². The first-order valence-electron chi connectivity index (χ1n) is 6.42. The van der Waals surface area contributed by atoms with Crippen LogP contribution in [0.25, 0.3) is 0 Å². The van der Waals surface area contributed by atoms with Crippen molar-refractivity contribution in [3.8, 4) is 5.75 Å². The second-order valence-electron chi connectivity index (χ2n) is 4.65. The highest BCUT2D eigenvalue weighted by Gasteiger charge is 2.13. The molecule has 0 spiro atoms. The van der Waals surface area contributed by atoms with E-state index in [-0.39, 0.29) is 25.0 Å². The van der Waals surface area contributed by atoms with Crippen molar-refractivity contribution in [2.75, 3.05) is 39.7 Å². The molecule has 0 bridgehead atoms. The molecule has 21 heavy (non-hydrogen) atoms. The van der Waals surface area contributed by atoms with Crippen LogP contribution in [-0.4, -0.2) is 57.2 Å². The Labute approximate surface area is 124 Å². The Kier molecular flexibility index (Phi) is 6.64. The lowest BCUT2D eigenvalue weighted by molar-refractivity contribution is -0.130. The molecule has 1 unspecified atom stereocenters. The minimum absolute atomic E-state index is 0.0303. The number of ether oxygens (including phenoxy) is 2. The van der Waals surface area contributed by atoms with Crippen molar-refractivity contribution < 1.29 is 19.1 Å². The van der Waals surface area contributed by atoms with Gasteiger partial charge in [-0.3, -0.25) is 9.59 Å². The van der Waals surface area contributed by atoms with Gasteiger partial charge in [0.25, 0.3) is 5.91 Å². The number of hydrogen-bond donors (Lipinski definition) is 2. The Bertz CT molecular complexity index is 474. The van der Waals surface area contributed by atoms with Gasteiger partial charge < -0.3 is 25.4 Å². The minimum atomic E-state index is -0.719. The number of rotatable bonds is 7. The van der Waals surface area contributed by atoms with Gasteiger partial charge in [0.1, 0.15) is 11.8 Å². The molecule has 7 nitrogen and oxygen atoms in total. The molecule has 2 amide bonds. The molecule has 0 aliphatic rings. The van der Waals surface area contributed by atoms with Gasteiger partial charge in [0, 0.05) is 26.9 Å². The fraction of sp³-hybridized carbons (Fsp3) is 0.429.